The van der Waals surface area contributed by atoms with Gasteiger partial charge in [-0.05, 0) is 37.8 Å². The maximum absolute atomic E-state index is 12.6. The van der Waals surface area contributed by atoms with E-state index in [1.165, 1.54) is 6.08 Å². The summed E-state index contributed by atoms with van der Waals surface area (Å²) < 4.78 is 0. The van der Waals surface area contributed by atoms with Crippen LogP contribution < -0.4 is 10.6 Å². The van der Waals surface area contributed by atoms with E-state index >= 15 is 0 Å². The van der Waals surface area contributed by atoms with Crippen LogP contribution in [0.5, 0.6) is 0 Å². The fourth-order valence-corrected chi connectivity index (χ4v) is 2.57. The molecule has 2 amide bonds. The van der Waals surface area contributed by atoms with Crippen molar-refractivity contribution >= 4 is 17.6 Å². The molecule has 1 aromatic rings. The van der Waals surface area contributed by atoms with Gasteiger partial charge in [0, 0.05) is 12.1 Å². The molecule has 0 aromatic heterocycles. The van der Waals surface area contributed by atoms with Gasteiger partial charge >= 0.3 is 0 Å². The highest BCUT2D eigenvalue weighted by Gasteiger charge is 2.26. The number of carbonyl (C=O) groups excluding carboxylic acids is 3. The second-order valence-corrected chi connectivity index (χ2v) is 5.89. The van der Waals surface area contributed by atoms with Crippen molar-refractivity contribution in [3.8, 4) is 0 Å². The molecule has 5 heteroatoms. The lowest BCUT2D eigenvalue weighted by Gasteiger charge is -2.17. The molecule has 5 nitrogen and oxygen atoms in total. The zero-order valence-electron chi connectivity index (χ0n) is 15.1. The highest BCUT2D eigenvalue weighted by atomic mass is 16.2. The fraction of sp³-hybridized carbons (Fsp3) is 0.450. The van der Waals surface area contributed by atoms with E-state index in [2.05, 4.69) is 24.1 Å². The van der Waals surface area contributed by atoms with Crippen molar-refractivity contribution < 1.29 is 14.4 Å². The predicted molar refractivity (Wildman–Crippen MR) is 99.4 cm³/mol. The van der Waals surface area contributed by atoms with Crippen molar-refractivity contribution in [1.29, 1.82) is 0 Å². The number of benzene rings is 1. The highest BCUT2D eigenvalue weighted by Crippen LogP contribution is 2.13. The van der Waals surface area contributed by atoms with E-state index in [-0.39, 0.29) is 12.3 Å². The minimum atomic E-state index is -0.903. The Kier molecular flexibility index (Phi) is 9.22. The Morgan fingerprint density at radius 1 is 1.16 bits per heavy atom. The minimum Gasteiger partial charge on any atom is -0.350 e. The Balaban J connectivity index is 2.88. The zero-order valence-corrected chi connectivity index (χ0v) is 15.1. The van der Waals surface area contributed by atoms with Crippen molar-refractivity contribution in [1.82, 2.24) is 10.6 Å². The van der Waals surface area contributed by atoms with Gasteiger partial charge in [-0.3, -0.25) is 14.4 Å². The standard InChI is InChI=1S/C20H28N2O3/c1-4-7-8-12-15-13-9-10-14-16(15)19(24)22-17(11-5-2)18(23)20(25)21-6-3/h5,9-10,13-14,17H,2,4,6-8,11-12H2,1,3H3,(H,21,25)(H,22,24)/t17-/m0/s1. The maximum atomic E-state index is 12.6. The van der Waals surface area contributed by atoms with Gasteiger partial charge in [0.25, 0.3) is 11.8 Å². The van der Waals surface area contributed by atoms with E-state index in [0.29, 0.717) is 12.1 Å². The topological polar surface area (TPSA) is 75.3 Å². The van der Waals surface area contributed by atoms with E-state index in [9.17, 15) is 14.4 Å². The van der Waals surface area contributed by atoms with Crippen LogP contribution in [0, 0.1) is 0 Å². The molecular formula is C20H28N2O3. The van der Waals surface area contributed by atoms with Crippen LogP contribution >= 0.6 is 0 Å². The molecule has 0 bridgehead atoms. The molecule has 1 atom stereocenters. The summed E-state index contributed by atoms with van der Waals surface area (Å²) >= 11 is 0. The third-order valence-corrected chi connectivity index (χ3v) is 3.90. The van der Waals surface area contributed by atoms with E-state index in [1.807, 2.05) is 12.1 Å². The highest BCUT2D eigenvalue weighted by molar-refractivity contribution is 6.38. The van der Waals surface area contributed by atoms with Gasteiger partial charge in [0.2, 0.25) is 5.78 Å². The zero-order chi connectivity index (χ0) is 18.7. The number of carbonyl (C=O) groups is 3. The number of hydrogen-bond acceptors (Lipinski definition) is 3. The normalized spacial score (nSPS) is 11.4. The van der Waals surface area contributed by atoms with E-state index in [1.54, 1.807) is 19.1 Å². The van der Waals surface area contributed by atoms with Gasteiger partial charge in [-0.1, -0.05) is 44.0 Å². The van der Waals surface area contributed by atoms with Crippen LogP contribution in [-0.4, -0.2) is 30.2 Å². The molecular weight excluding hydrogens is 316 g/mol. The van der Waals surface area contributed by atoms with Gasteiger partial charge in [0.1, 0.15) is 6.04 Å². The molecule has 136 valence electrons. The molecule has 0 saturated carbocycles. The molecule has 0 spiro atoms. The van der Waals surface area contributed by atoms with Crippen molar-refractivity contribution in [2.24, 2.45) is 0 Å². The largest absolute Gasteiger partial charge is 0.350 e. The van der Waals surface area contributed by atoms with Crippen LogP contribution in [0.2, 0.25) is 0 Å². The molecule has 1 rings (SSSR count). The Morgan fingerprint density at radius 2 is 1.88 bits per heavy atom. The monoisotopic (exact) mass is 344 g/mol. The van der Waals surface area contributed by atoms with Gasteiger partial charge in [-0.2, -0.15) is 0 Å². The van der Waals surface area contributed by atoms with Crippen LogP contribution in [0.25, 0.3) is 0 Å². The summed E-state index contributed by atoms with van der Waals surface area (Å²) in [6, 6.07) is 6.47. The fourth-order valence-electron chi connectivity index (χ4n) is 2.57. The van der Waals surface area contributed by atoms with Crippen molar-refractivity contribution in [3.05, 3.63) is 48.0 Å². The van der Waals surface area contributed by atoms with Gasteiger partial charge in [0.05, 0.1) is 0 Å². The molecule has 0 saturated heterocycles. The molecule has 25 heavy (non-hydrogen) atoms. The number of amides is 2. The third-order valence-electron chi connectivity index (χ3n) is 3.90. The summed E-state index contributed by atoms with van der Waals surface area (Å²) in [5.74, 6) is -1.68. The lowest BCUT2D eigenvalue weighted by molar-refractivity contribution is -0.138. The smallest absolute Gasteiger partial charge is 0.289 e. The number of nitrogens with one attached hydrogen (secondary N) is 2. The number of unbranched alkanes of at least 4 members (excludes halogenated alkanes) is 2. The number of rotatable bonds is 11. The first-order valence-corrected chi connectivity index (χ1v) is 8.86. The molecule has 0 fully saturated rings. The Bertz CT molecular complexity index is 611. The number of ketones is 1. The Hall–Kier alpha value is -2.43. The average molecular weight is 344 g/mol. The molecule has 0 aliphatic rings. The summed E-state index contributed by atoms with van der Waals surface area (Å²) in [4.78, 5) is 36.6. The van der Waals surface area contributed by atoms with Crippen molar-refractivity contribution in [3.63, 3.8) is 0 Å². The molecule has 0 heterocycles. The third kappa shape index (κ3) is 6.53. The molecule has 1 aromatic carbocycles. The SMILES string of the molecule is C=CC[C@H](NC(=O)c1ccccc1CCCCC)C(=O)C(=O)NCC. The second-order valence-electron chi connectivity index (χ2n) is 5.89. The number of Topliss-reactive ketones (excluding diaryl/α,β-unsaturated/α-hetero) is 1. The summed E-state index contributed by atoms with van der Waals surface area (Å²) in [7, 11) is 0. The van der Waals surface area contributed by atoms with E-state index < -0.39 is 17.7 Å². The minimum absolute atomic E-state index is 0.208. The van der Waals surface area contributed by atoms with Crippen LogP contribution in [0.4, 0.5) is 0 Å². The van der Waals surface area contributed by atoms with Crippen molar-refractivity contribution in [2.45, 2.75) is 52.0 Å². The summed E-state index contributed by atoms with van der Waals surface area (Å²) in [5, 5.41) is 5.15. The first kappa shape index (κ1) is 20.6. The van der Waals surface area contributed by atoms with E-state index in [4.69, 9.17) is 0 Å². The summed E-state index contributed by atoms with van der Waals surface area (Å²) in [5.41, 5.74) is 1.51. The number of hydrogen-bond donors (Lipinski definition) is 2. The first-order valence-electron chi connectivity index (χ1n) is 8.86. The predicted octanol–water partition coefficient (Wildman–Crippen LogP) is 2.80. The average Bonchev–Trinajstić information content (AvgIpc) is 2.61. The van der Waals surface area contributed by atoms with E-state index in [0.717, 1.165) is 31.2 Å². The van der Waals surface area contributed by atoms with Gasteiger partial charge in [0.15, 0.2) is 0 Å². The van der Waals surface area contributed by atoms with Crippen LogP contribution in [0.3, 0.4) is 0 Å². The lowest BCUT2D eigenvalue weighted by atomic mass is 10.00. The quantitative estimate of drug-likeness (QED) is 0.368. The lowest BCUT2D eigenvalue weighted by Crippen LogP contribution is -2.47. The van der Waals surface area contributed by atoms with Crippen LogP contribution in [0.1, 0.15) is 55.5 Å². The first-order chi connectivity index (χ1) is 12.0. The van der Waals surface area contributed by atoms with Gasteiger partial charge < -0.3 is 10.6 Å². The molecule has 0 aliphatic carbocycles. The van der Waals surface area contributed by atoms with Gasteiger partial charge in [-0.15, -0.1) is 6.58 Å². The van der Waals surface area contributed by atoms with Gasteiger partial charge in [-0.25, -0.2) is 0 Å². The van der Waals surface area contributed by atoms with Crippen LogP contribution in [-0.2, 0) is 16.0 Å². The Morgan fingerprint density at radius 3 is 2.52 bits per heavy atom. The maximum Gasteiger partial charge on any atom is 0.289 e. The Labute approximate surface area is 149 Å². The summed E-state index contributed by atoms with van der Waals surface area (Å²) in [6.45, 7) is 7.83. The van der Waals surface area contributed by atoms with Crippen LogP contribution in [0.15, 0.2) is 36.9 Å². The molecule has 0 radical (unpaired) electrons. The number of aryl methyl sites for hydroxylation is 1. The molecule has 0 unspecified atom stereocenters. The van der Waals surface area contributed by atoms with Crippen molar-refractivity contribution in [2.75, 3.05) is 6.54 Å². The second kappa shape index (κ2) is 11.2. The number of likely N-dealkylation sites (N-methyl/N-ethyl adjacent to an activating group) is 1. The molecule has 0 aliphatic heterocycles. The molecule has 2 N–H and O–H groups in total. The summed E-state index contributed by atoms with van der Waals surface area (Å²) in [6.07, 6.45) is 5.76.